The number of nitrogens with zero attached hydrogens (tertiary/aromatic N) is 5. The van der Waals surface area contributed by atoms with Gasteiger partial charge in [-0.1, -0.05) is 12.1 Å². The van der Waals surface area contributed by atoms with Crippen LogP contribution in [0.2, 0.25) is 0 Å². The SMILES string of the molecule is Cc1cc(C)n(Cc2cccc(NC(=O)c3nn(C45CC6CC(CC(C6)C4)C5)cc3[N+](=O)[O-])c2)n1. The van der Waals surface area contributed by atoms with Crippen molar-refractivity contribution in [2.24, 2.45) is 17.8 Å². The van der Waals surface area contributed by atoms with Crippen LogP contribution in [0.5, 0.6) is 0 Å². The third-order valence-electron chi connectivity index (χ3n) is 8.22. The van der Waals surface area contributed by atoms with E-state index in [1.54, 1.807) is 10.7 Å². The summed E-state index contributed by atoms with van der Waals surface area (Å²) in [6, 6.07) is 9.50. The lowest BCUT2D eigenvalue weighted by atomic mass is 9.53. The van der Waals surface area contributed by atoms with Gasteiger partial charge < -0.3 is 5.32 Å². The topological polar surface area (TPSA) is 108 Å². The van der Waals surface area contributed by atoms with Crippen molar-refractivity contribution in [1.29, 1.82) is 0 Å². The molecule has 4 fully saturated rings. The van der Waals surface area contributed by atoms with Gasteiger partial charge in [-0.25, -0.2) is 0 Å². The molecule has 0 spiro atoms. The van der Waals surface area contributed by atoms with Crippen molar-refractivity contribution in [3.8, 4) is 0 Å². The minimum absolute atomic E-state index is 0.116. The second-order valence-corrected chi connectivity index (χ2v) is 10.9. The summed E-state index contributed by atoms with van der Waals surface area (Å²) in [5, 5.41) is 23.8. The van der Waals surface area contributed by atoms with Crippen molar-refractivity contribution in [2.75, 3.05) is 5.32 Å². The molecule has 1 aromatic carbocycles. The summed E-state index contributed by atoms with van der Waals surface area (Å²) in [5.41, 5.74) is 3.04. The predicted molar refractivity (Wildman–Crippen MR) is 130 cm³/mol. The third-order valence-corrected chi connectivity index (χ3v) is 8.22. The maximum absolute atomic E-state index is 13.2. The summed E-state index contributed by atoms with van der Waals surface area (Å²) in [5.74, 6) is 1.47. The third kappa shape index (κ3) is 3.92. The monoisotopic (exact) mass is 474 g/mol. The van der Waals surface area contributed by atoms with Gasteiger partial charge >= 0.3 is 5.69 Å². The van der Waals surface area contributed by atoms with Gasteiger partial charge in [0.15, 0.2) is 0 Å². The van der Waals surface area contributed by atoms with Gasteiger partial charge in [0.25, 0.3) is 5.91 Å². The number of aryl methyl sites for hydroxylation is 2. The number of anilines is 1. The lowest BCUT2D eigenvalue weighted by Crippen LogP contribution is -2.52. The highest BCUT2D eigenvalue weighted by molar-refractivity contribution is 6.05. The van der Waals surface area contributed by atoms with Gasteiger partial charge in [-0.2, -0.15) is 10.2 Å². The van der Waals surface area contributed by atoms with Gasteiger partial charge in [0, 0.05) is 11.4 Å². The summed E-state index contributed by atoms with van der Waals surface area (Å²) < 4.78 is 3.69. The Bertz CT molecular complexity index is 1290. The number of rotatable bonds is 6. The number of carbonyl (C=O) groups excluding carboxylic acids is 1. The maximum Gasteiger partial charge on any atom is 0.320 e. The molecule has 0 unspecified atom stereocenters. The molecule has 3 aromatic rings. The van der Waals surface area contributed by atoms with E-state index >= 15 is 0 Å². The van der Waals surface area contributed by atoms with E-state index in [0.29, 0.717) is 30.0 Å². The van der Waals surface area contributed by atoms with E-state index in [-0.39, 0.29) is 16.9 Å². The molecule has 4 aliphatic rings. The molecule has 0 aliphatic heterocycles. The van der Waals surface area contributed by atoms with Gasteiger partial charge in [0.2, 0.25) is 5.69 Å². The zero-order valence-corrected chi connectivity index (χ0v) is 20.1. The highest BCUT2D eigenvalue weighted by atomic mass is 16.6. The van der Waals surface area contributed by atoms with Crippen LogP contribution in [0.25, 0.3) is 0 Å². The average molecular weight is 475 g/mol. The Kier molecular flexibility index (Phi) is 5.05. The normalized spacial score (nSPS) is 26.7. The second kappa shape index (κ2) is 8.03. The fraction of sp³-hybridized carbons (Fsp3) is 0.500. The largest absolute Gasteiger partial charge is 0.320 e. The maximum atomic E-state index is 13.2. The zero-order valence-electron chi connectivity index (χ0n) is 20.1. The van der Waals surface area contributed by atoms with Crippen molar-refractivity contribution in [3.05, 3.63) is 69.3 Å². The molecule has 2 heterocycles. The molecule has 9 nitrogen and oxygen atoms in total. The fourth-order valence-electron chi connectivity index (χ4n) is 7.19. The zero-order chi connectivity index (χ0) is 24.3. The van der Waals surface area contributed by atoms with Gasteiger partial charge in [-0.15, -0.1) is 0 Å². The van der Waals surface area contributed by atoms with Gasteiger partial charge in [-0.05, 0) is 93.9 Å². The van der Waals surface area contributed by atoms with E-state index in [9.17, 15) is 14.9 Å². The summed E-state index contributed by atoms with van der Waals surface area (Å²) in [7, 11) is 0. The van der Waals surface area contributed by atoms with Crippen LogP contribution in [0, 0.1) is 41.7 Å². The summed E-state index contributed by atoms with van der Waals surface area (Å²) in [6.45, 7) is 4.53. The Labute approximate surface area is 203 Å². The van der Waals surface area contributed by atoms with E-state index in [1.807, 2.05) is 42.8 Å². The summed E-state index contributed by atoms with van der Waals surface area (Å²) in [4.78, 5) is 24.6. The molecule has 0 saturated heterocycles. The number of hydrogen-bond acceptors (Lipinski definition) is 5. The van der Waals surface area contributed by atoms with Crippen molar-refractivity contribution in [3.63, 3.8) is 0 Å². The summed E-state index contributed by atoms with van der Waals surface area (Å²) >= 11 is 0. The van der Waals surface area contributed by atoms with Crippen LogP contribution in [0.15, 0.2) is 36.5 Å². The van der Waals surface area contributed by atoms with Gasteiger partial charge in [0.1, 0.15) is 6.20 Å². The number of amides is 1. The standard InChI is InChI=1S/C26H30N6O3/c1-16-6-17(2)30(28-16)14-18-4-3-5-22(10-18)27-25(33)24-23(32(34)35)15-31(29-24)26-11-19-7-20(12-26)9-21(8-19)13-26/h3-6,10,15,19-21H,7-9,11-14H2,1-2H3,(H,27,33). The van der Waals surface area contributed by atoms with E-state index < -0.39 is 10.8 Å². The van der Waals surface area contributed by atoms with Crippen molar-refractivity contribution < 1.29 is 9.72 Å². The quantitative estimate of drug-likeness (QED) is 0.407. The second-order valence-electron chi connectivity index (χ2n) is 10.9. The summed E-state index contributed by atoms with van der Waals surface area (Å²) in [6.07, 6.45) is 8.33. The van der Waals surface area contributed by atoms with Crippen LogP contribution in [0.4, 0.5) is 11.4 Å². The fourth-order valence-corrected chi connectivity index (χ4v) is 7.19. The van der Waals surface area contributed by atoms with Crippen LogP contribution in [0.3, 0.4) is 0 Å². The van der Waals surface area contributed by atoms with E-state index in [0.717, 1.165) is 36.2 Å². The number of nitro groups is 1. The first kappa shape index (κ1) is 22.0. The van der Waals surface area contributed by atoms with E-state index in [1.165, 1.54) is 25.5 Å². The lowest BCUT2D eigenvalue weighted by Gasteiger charge is -2.56. The van der Waals surface area contributed by atoms with Crippen molar-refractivity contribution in [2.45, 2.75) is 64.5 Å². The van der Waals surface area contributed by atoms with Crippen LogP contribution < -0.4 is 5.32 Å². The highest BCUT2D eigenvalue weighted by Gasteiger charge is 2.53. The highest BCUT2D eigenvalue weighted by Crippen LogP contribution is 2.58. The van der Waals surface area contributed by atoms with Gasteiger partial charge in [-0.3, -0.25) is 24.3 Å². The molecule has 1 N–H and O–H groups in total. The van der Waals surface area contributed by atoms with E-state index in [2.05, 4.69) is 15.5 Å². The molecule has 4 saturated carbocycles. The van der Waals surface area contributed by atoms with Crippen molar-refractivity contribution >= 4 is 17.3 Å². The number of hydrogen-bond donors (Lipinski definition) is 1. The first-order valence-electron chi connectivity index (χ1n) is 12.4. The minimum Gasteiger partial charge on any atom is -0.320 e. The first-order valence-corrected chi connectivity index (χ1v) is 12.4. The Morgan fingerprint density at radius 2 is 1.80 bits per heavy atom. The molecule has 4 aliphatic carbocycles. The van der Waals surface area contributed by atoms with Crippen LogP contribution in [0.1, 0.15) is 66.0 Å². The molecular formula is C26H30N6O3. The Hall–Kier alpha value is -3.49. The van der Waals surface area contributed by atoms with Gasteiger partial charge in [0.05, 0.1) is 22.7 Å². The molecular weight excluding hydrogens is 444 g/mol. The Morgan fingerprint density at radius 3 is 2.40 bits per heavy atom. The first-order chi connectivity index (χ1) is 16.8. The van der Waals surface area contributed by atoms with E-state index in [4.69, 9.17) is 0 Å². The average Bonchev–Trinajstić information content (AvgIpc) is 3.37. The smallest absolute Gasteiger partial charge is 0.320 e. The Morgan fingerprint density at radius 1 is 1.11 bits per heavy atom. The number of nitrogens with one attached hydrogen (secondary N) is 1. The molecule has 9 heteroatoms. The minimum atomic E-state index is -0.552. The number of benzene rings is 1. The van der Waals surface area contributed by atoms with Crippen LogP contribution in [-0.2, 0) is 12.1 Å². The molecule has 182 valence electrons. The molecule has 0 radical (unpaired) electrons. The molecule has 35 heavy (non-hydrogen) atoms. The molecule has 2 aromatic heterocycles. The molecule has 0 atom stereocenters. The van der Waals surface area contributed by atoms with Crippen LogP contribution >= 0.6 is 0 Å². The van der Waals surface area contributed by atoms with Crippen molar-refractivity contribution in [1.82, 2.24) is 19.6 Å². The lowest BCUT2D eigenvalue weighted by molar-refractivity contribution is -0.385. The number of aromatic nitrogens is 4. The Balaban J connectivity index is 1.25. The molecule has 4 bridgehead atoms. The predicted octanol–water partition coefficient (Wildman–Crippen LogP) is 4.83. The number of carbonyl (C=O) groups is 1. The molecule has 1 amide bonds. The molecule has 7 rings (SSSR count). The van der Waals surface area contributed by atoms with Crippen LogP contribution in [-0.4, -0.2) is 30.4 Å².